The second-order valence-corrected chi connectivity index (χ2v) is 6.24. The van der Waals surface area contributed by atoms with Gasteiger partial charge in [-0.1, -0.05) is 70.2 Å². The molecule has 0 aromatic heterocycles. The number of hydrogen-bond donors (Lipinski definition) is 0. The number of carbonyl (C=O) groups is 1. The Morgan fingerprint density at radius 2 is 1.79 bits per heavy atom. The van der Waals surface area contributed by atoms with Gasteiger partial charge >= 0.3 is 5.97 Å². The zero-order chi connectivity index (χ0) is 17.6. The molecule has 0 spiro atoms. The quantitative estimate of drug-likeness (QED) is 0.273. The van der Waals surface area contributed by atoms with E-state index in [0.29, 0.717) is 6.61 Å². The number of aryl methyl sites for hydroxylation is 1. The van der Waals surface area contributed by atoms with E-state index in [2.05, 4.69) is 19.6 Å². The largest absolute Gasteiger partial charge is 0.489 e. The standard InChI is InChI=1S/C21H32O3/c1-4-6-7-8-9-10-11-14-19-15-12-13-16-20(19)23-17-18(3)24-21(22)5-2/h5,12-13,15-16,18H,2,4,6-11,14,17H2,1,3H3. The Labute approximate surface area is 147 Å². The number of rotatable bonds is 13. The van der Waals surface area contributed by atoms with Crippen molar-refractivity contribution >= 4 is 5.97 Å². The lowest BCUT2D eigenvalue weighted by atomic mass is 10.0. The summed E-state index contributed by atoms with van der Waals surface area (Å²) < 4.78 is 11.0. The molecule has 0 radical (unpaired) electrons. The van der Waals surface area contributed by atoms with Crippen LogP contribution in [0.2, 0.25) is 0 Å². The summed E-state index contributed by atoms with van der Waals surface area (Å²) in [5.41, 5.74) is 1.23. The first-order valence-electron chi connectivity index (χ1n) is 9.21. The molecule has 0 heterocycles. The van der Waals surface area contributed by atoms with Crippen LogP contribution in [0.3, 0.4) is 0 Å². The van der Waals surface area contributed by atoms with Crippen LogP contribution >= 0.6 is 0 Å². The van der Waals surface area contributed by atoms with Crippen molar-refractivity contribution in [1.29, 1.82) is 0 Å². The Balaban J connectivity index is 2.33. The van der Waals surface area contributed by atoms with Crippen LogP contribution < -0.4 is 4.74 Å². The van der Waals surface area contributed by atoms with Gasteiger partial charge in [-0.15, -0.1) is 0 Å². The van der Waals surface area contributed by atoms with Gasteiger partial charge in [0.2, 0.25) is 0 Å². The fourth-order valence-electron chi connectivity index (χ4n) is 2.61. The normalized spacial score (nSPS) is 11.8. The molecule has 0 aliphatic rings. The van der Waals surface area contributed by atoms with E-state index < -0.39 is 5.97 Å². The Hall–Kier alpha value is -1.77. The minimum atomic E-state index is -0.414. The number of benzene rings is 1. The second-order valence-electron chi connectivity index (χ2n) is 6.24. The predicted octanol–water partition coefficient (Wildman–Crippen LogP) is 5.48. The van der Waals surface area contributed by atoms with Crippen LogP contribution in [-0.2, 0) is 16.0 Å². The molecule has 0 saturated carbocycles. The molecule has 1 aromatic carbocycles. The van der Waals surface area contributed by atoms with E-state index in [1.807, 2.05) is 25.1 Å². The first-order valence-corrected chi connectivity index (χ1v) is 9.21. The summed E-state index contributed by atoms with van der Waals surface area (Å²) in [6.45, 7) is 7.82. The van der Waals surface area contributed by atoms with Crippen LogP contribution in [0.1, 0.15) is 64.4 Å². The summed E-state index contributed by atoms with van der Waals surface area (Å²) in [4.78, 5) is 11.2. The van der Waals surface area contributed by atoms with Gasteiger partial charge < -0.3 is 9.47 Å². The Kier molecular flexibility index (Phi) is 10.7. The molecule has 3 heteroatoms. The third-order valence-corrected chi connectivity index (χ3v) is 3.98. The van der Waals surface area contributed by atoms with Crippen molar-refractivity contribution in [2.75, 3.05) is 6.61 Å². The molecule has 1 unspecified atom stereocenters. The summed E-state index contributed by atoms with van der Waals surface area (Å²) in [6, 6.07) is 8.13. The van der Waals surface area contributed by atoms with E-state index in [1.165, 1.54) is 56.6 Å². The maximum absolute atomic E-state index is 11.2. The maximum atomic E-state index is 11.2. The fraction of sp³-hybridized carbons (Fsp3) is 0.571. The number of unbranched alkanes of at least 4 members (excludes halogenated alkanes) is 6. The van der Waals surface area contributed by atoms with Crippen molar-refractivity contribution in [1.82, 2.24) is 0 Å². The number of para-hydroxylation sites is 1. The summed E-state index contributed by atoms with van der Waals surface area (Å²) in [5.74, 6) is 0.479. The Bertz CT molecular complexity index is 482. The van der Waals surface area contributed by atoms with E-state index in [1.54, 1.807) is 0 Å². The van der Waals surface area contributed by atoms with Crippen LogP contribution in [0.15, 0.2) is 36.9 Å². The summed E-state index contributed by atoms with van der Waals surface area (Å²) in [5, 5.41) is 0. The molecule has 0 aliphatic heterocycles. The first-order chi connectivity index (χ1) is 11.7. The minimum Gasteiger partial charge on any atom is -0.489 e. The van der Waals surface area contributed by atoms with E-state index in [0.717, 1.165) is 12.2 Å². The van der Waals surface area contributed by atoms with Crippen LogP contribution in [0, 0.1) is 0 Å². The van der Waals surface area contributed by atoms with Crippen molar-refractivity contribution in [2.24, 2.45) is 0 Å². The molecule has 0 saturated heterocycles. The maximum Gasteiger partial charge on any atom is 0.330 e. The van der Waals surface area contributed by atoms with Gasteiger partial charge in [0.05, 0.1) is 0 Å². The molecule has 0 bridgehead atoms. The lowest BCUT2D eigenvalue weighted by molar-refractivity contribution is -0.143. The average molecular weight is 332 g/mol. The highest BCUT2D eigenvalue weighted by atomic mass is 16.6. The zero-order valence-electron chi connectivity index (χ0n) is 15.3. The summed E-state index contributed by atoms with van der Waals surface area (Å²) in [6.07, 6.45) is 11.0. The number of carbonyl (C=O) groups excluding carboxylic acids is 1. The highest BCUT2D eigenvalue weighted by Gasteiger charge is 2.09. The average Bonchev–Trinajstić information content (AvgIpc) is 2.60. The summed E-state index contributed by atoms with van der Waals surface area (Å²) >= 11 is 0. The van der Waals surface area contributed by atoms with Crippen molar-refractivity contribution in [3.8, 4) is 5.75 Å². The third kappa shape index (κ3) is 8.76. The molecule has 24 heavy (non-hydrogen) atoms. The summed E-state index contributed by atoms with van der Waals surface area (Å²) in [7, 11) is 0. The molecule has 1 rings (SSSR count). The molecule has 0 fully saturated rings. The SMILES string of the molecule is C=CC(=O)OC(C)COc1ccccc1CCCCCCCCC. The van der Waals surface area contributed by atoms with Crippen LogP contribution in [0.4, 0.5) is 0 Å². The van der Waals surface area contributed by atoms with Crippen molar-refractivity contribution < 1.29 is 14.3 Å². The topological polar surface area (TPSA) is 35.5 Å². The highest BCUT2D eigenvalue weighted by Crippen LogP contribution is 2.21. The number of ether oxygens (including phenoxy) is 2. The molecule has 0 N–H and O–H groups in total. The second kappa shape index (κ2) is 12.6. The first kappa shape index (κ1) is 20.3. The van der Waals surface area contributed by atoms with Gasteiger partial charge in [-0.2, -0.15) is 0 Å². The zero-order valence-corrected chi connectivity index (χ0v) is 15.3. The van der Waals surface area contributed by atoms with E-state index >= 15 is 0 Å². The van der Waals surface area contributed by atoms with Gasteiger partial charge in [-0.3, -0.25) is 0 Å². The molecule has 134 valence electrons. The van der Waals surface area contributed by atoms with Gasteiger partial charge in [0.25, 0.3) is 0 Å². The Morgan fingerprint density at radius 3 is 2.50 bits per heavy atom. The van der Waals surface area contributed by atoms with Gasteiger partial charge in [0.1, 0.15) is 18.5 Å². The van der Waals surface area contributed by atoms with Crippen molar-refractivity contribution in [3.63, 3.8) is 0 Å². The van der Waals surface area contributed by atoms with Crippen LogP contribution in [0.5, 0.6) is 5.75 Å². The smallest absolute Gasteiger partial charge is 0.330 e. The van der Waals surface area contributed by atoms with Gasteiger partial charge in [0.15, 0.2) is 0 Å². The molecular formula is C21H32O3. The van der Waals surface area contributed by atoms with Gasteiger partial charge in [-0.05, 0) is 31.4 Å². The minimum absolute atomic E-state index is 0.290. The molecule has 0 amide bonds. The van der Waals surface area contributed by atoms with E-state index in [9.17, 15) is 4.79 Å². The highest BCUT2D eigenvalue weighted by molar-refractivity contribution is 5.81. The monoisotopic (exact) mass is 332 g/mol. The van der Waals surface area contributed by atoms with Gasteiger partial charge in [0, 0.05) is 6.08 Å². The lowest BCUT2D eigenvalue weighted by Crippen LogP contribution is -2.21. The third-order valence-electron chi connectivity index (χ3n) is 3.98. The molecule has 1 aromatic rings. The van der Waals surface area contributed by atoms with Crippen molar-refractivity contribution in [3.05, 3.63) is 42.5 Å². The molecule has 0 aliphatic carbocycles. The number of hydrogen-bond acceptors (Lipinski definition) is 3. The van der Waals surface area contributed by atoms with Gasteiger partial charge in [-0.25, -0.2) is 4.79 Å². The van der Waals surface area contributed by atoms with Crippen LogP contribution in [0.25, 0.3) is 0 Å². The van der Waals surface area contributed by atoms with E-state index in [-0.39, 0.29) is 6.10 Å². The van der Waals surface area contributed by atoms with Crippen molar-refractivity contribution in [2.45, 2.75) is 71.3 Å². The fourth-order valence-corrected chi connectivity index (χ4v) is 2.61. The molecular weight excluding hydrogens is 300 g/mol. The predicted molar refractivity (Wildman–Crippen MR) is 99.4 cm³/mol. The lowest BCUT2D eigenvalue weighted by Gasteiger charge is -2.15. The number of esters is 1. The molecule has 1 atom stereocenters. The van der Waals surface area contributed by atoms with E-state index in [4.69, 9.17) is 9.47 Å². The molecule has 3 nitrogen and oxygen atoms in total. The Morgan fingerprint density at radius 1 is 1.12 bits per heavy atom. The van der Waals surface area contributed by atoms with Crippen LogP contribution in [-0.4, -0.2) is 18.7 Å².